The molecule has 1 aliphatic rings. The van der Waals surface area contributed by atoms with E-state index in [1.54, 1.807) is 0 Å². The van der Waals surface area contributed by atoms with Crippen LogP contribution in [0.4, 0.5) is 4.39 Å². The highest BCUT2D eigenvalue weighted by atomic mass is 79.9. The number of morpholine rings is 1. The molecule has 18 heavy (non-hydrogen) atoms. The van der Waals surface area contributed by atoms with Gasteiger partial charge in [0, 0.05) is 19.6 Å². The zero-order chi connectivity index (χ0) is 13.3. The molecule has 0 spiro atoms. The Balaban J connectivity index is 2.06. The second-order valence-electron chi connectivity index (χ2n) is 5.61. The van der Waals surface area contributed by atoms with E-state index in [-0.39, 0.29) is 17.5 Å². The Morgan fingerprint density at radius 3 is 2.83 bits per heavy atom. The van der Waals surface area contributed by atoms with E-state index in [1.165, 1.54) is 6.07 Å². The highest BCUT2D eigenvalue weighted by Crippen LogP contribution is 2.23. The maximum atomic E-state index is 13.2. The maximum absolute atomic E-state index is 13.2. The van der Waals surface area contributed by atoms with Gasteiger partial charge in [0.2, 0.25) is 0 Å². The normalized spacial score (nSPS) is 24.2. The molecule has 1 saturated heterocycles. The van der Waals surface area contributed by atoms with Gasteiger partial charge in [-0.15, -0.1) is 0 Å². The minimum absolute atomic E-state index is 0.116. The van der Waals surface area contributed by atoms with Crippen molar-refractivity contribution in [3.05, 3.63) is 34.1 Å². The van der Waals surface area contributed by atoms with Gasteiger partial charge in [-0.25, -0.2) is 4.39 Å². The van der Waals surface area contributed by atoms with Gasteiger partial charge in [0.1, 0.15) is 5.82 Å². The average molecular weight is 316 g/mol. The molecule has 0 aliphatic carbocycles. The molecule has 100 valence electrons. The fourth-order valence-corrected chi connectivity index (χ4v) is 3.03. The zero-order valence-electron chi connectivity index (χ0n) is 11.0. The lowest BCUT2D eigenvalue weighted by Gasteiger charge is -2.41. The highest BCUT2D eigenvalue weighted by molar-refractivity contribution is 9.10. The molecule has 2 rings (SSSR count). The lowest BCUT2D eigenvalue weighted by molar-refractivity contribution is -0.130. The molecule has 1 fully saturated rings. The van der Waals surface area contributed by atoms with Gasteiger partial charge >= 0.3 is 0 Å². The summed E-state index contributed by atoms with van der Waals surface area (Å²) in [6, 6.07) is 5.20. The molecule has 1 aromatic carbocycles. The fraction of sp³-hybridized carbons (Fsp3) is 0.571. The lowest BCUT2D eigenvalue weighted by atomic mass is 10.0. The van der Waals surface area contributed by atoms with Crippen LogP contribution >= 0.6 is 15.9 Å². The van der Waals surface area contributed by atoms with E-state index in [0.717, 1.165) is 25.2 Å². The number of ether oxygens (including phenoxy) is 1. The van der Waals surface area contributed by atoms with E-state index < -0.39 is 0 Å². The van der Waals surface area contributed by atoms with Crippen molar-refractivity contribution in [3.63, 3.8) is 0 Å². The summed E-state index contributed by atoms with van der Waals surface area (Å²) >= 11 is 3.23. The number of benzene rings is 1. The third-order valence-electron chi connectivity index (χ3n) is 3.03. The average Bonchev–Trinajstić information content (AvgIpc) is 2.20. The Morgan fingerprint density at radius 1 is 1.50 bits per heavy atom. The van der Waals surface area contributed by atoms with Crippen LogP contribution in [0.3, 0.4) is 0 Å². The summed E-state index contributed by atoms with van der Waals surface area (Å²) in [6.45, 7) is 8.95. The van der Waals surface area contributed by atoms with Crippen molar-refractivity contribution in [2.24, 2.45) is 0 Å². The highest BCUT2D eigenvalue weighted by Gasteiger charge is 2.31. The Bertz CT molecular complexity index is 436. The van der Waals surface area contributed by atoms with Crippen molar-refractivity contribution < 1.29 is 9.13 Å². The van der Waals surface area contributed by atoms with Gasteiger partial charge in [-0.05, 0) is 54.4 Å². The number of nitrogens with zero attached hydrogens (tertiary/aromatic N) is 1. The first-order chi connectivity index (χ1) is 8.35. The summed E-state index contributed by atoms with van der Waals surface area (Å²) in [6.07, 6.45) is 0.234. The van der Waals surface area contributed by atoms with E-state index in [1.807, 2.05) is 12.1 Å². The summed E-state index contributed by atoms with van der Waals surface area (Å²) in [7, 11) is 0. The predicted molar refractivity (Wildman–Crippen MR) is 74.0 cm³/mol. The summed E-state index contributed by atoms with van der Waals surface area (Å²) < 4.78 is 19.6. The van der Waals surface area contributed by atoms with E-state index in [4.69, 9.17) is 4.74 Å². The van der Waals surface area contributed by atoms with Crippen LogP contribution in [0, 0.1) is 5.82 Å². The molecule has 0 aromatic heterocycles. The van der Waals surface area contributed by atoms with E-state index >= 15 is 0 Å². The van der Waals surface area contributed by atoms with Gasteiger partial charge in [-0.1, -0.05) is 6.07 Å². The SMILES string of the molecule is CC1CN(Cc2ccc(F)c(Br)c2)CC(C)(C)O1. The lowest BCUT2D eigenvalue weighted by Crippen LogP contribution is -2.51. The Morgan fingerprint density at radius 2 is 2.22 bits per heavy atom. The second-order valence-corrected chi connectivity index (χ2v) is 6.46. The van der Waals surface area contributed by atoms with E-state index in [2.05, 4.69) is 41.6 Å². The molecule has 0 amide bonds. The zero-order valence-corrected chi connectivity index (χ0v) is 12.6. The number of halogens is 2. The first-order valence-corrected chi connectivity index (χ1v) is 6.99. The quantitative estimate of drug-likeness (QED) is 0.827. The minimum atomic E-state index is -0.213. The molecule has 4 heteroatoms. The molecule has 1 atom stereocenters. The van der Waals surface area contributed by atoms with Crippen molar-refractivity contribution >= 4 is 15.9 Å². The Kier molecular flexibility index (Phi) is 4.09. The van der Waals surface area contributed by atoms with Crippen molar-refractivity contribution in [1.29, 1.82) is 0 Å². The van der Waals surface area contributed by atoms with Crippen LogP contribution in [0.1, 0.15) is 26.3 Å². The molecular formula is C14H19BrFNO. The molecule has 0 radical (unpaired) electrons. The van der Waals surface area contributed by atoms with Crippen LogP contribution in [0.5, 0.6) is 0 Å². The molecule has 0 saturated carbocycles. The van der Waals surface area contributed by atoms with E-state index in [9.17, 15) is 4.39 Å². The summed E-state index contributed by atoms with van der Waals surface area (Å²) in [5.74, 6) is -0.213. The molecule has 1 aromatic rings. The fourth-order valence-electron chi connectivity index (χ4n) is 2.60. The topological polar surface area (TPSA) is 12.5 Å². The molecule has 1 aliphatic heterocycles. The third-order valence-corrected chi connectivity index (χ3v) is 3.64. The molecule has 0 bridgehead atoms. The van der Waals surface area contributed by atoms with Crippen molar-refractivity contribution in [3.8, 4) is 0 Å². The monoisotopic (exact) mass is 315 g/mol. The van der Waals surface area contributed by atoms with Crippen LogP contribution in [-0.4, -0.2) is 29.7 Å². The summed E-state index contributed by atoms with van der Waals surface area (Å²) in [4.78, 5) is 2.36. The van der Waals surface area contributed by atoms with Gasteiger partial charge < -0.3 is 4.74 Å². The molecule has 2 nitrogen and oxygen atoms in total. The van der Waals surface area contributed by atoms with Crippen molar-refractivity contribution in [2.75, 3.05) is 13.1 Å². The molecule has 1 unspecified atom stereocenters. The number of hydrogen-bond donors (Lipinski definition) is 0. The first-order valence-electron chi connectivity index (χ1n) is 6.20. The number of hydrogen-bond acceptors (Lipinski definition) is 2. The van der Waals surface area contributed by atoms with Crippen LogP contribution in [0.25, 0.3) is 0 Å². The molecule has 0 N–H and O–H groups in total. The third kappa shape index (κ3) is 3.53. The predicted octanol–water partition coefficient (Wildman–Crippen LogP) is 3.59. The number of rotatable bonds is 2. The van der Waals surface area contributed by atoms with Gasteiger partial charge in [0.25, 0.3) is 0 Å². The van der Waals surface area contributed by atoms with Gasteiger partial charge in [0.15, 0.2) is 0 Å². The standard InChI is InChI=1S/C14H19BrFNO/c1-10-7-17(9-14(2,3)18-10)8-11-4-5-13(16)12(15)6-11/h4-6,10H,7-9H2,1-3H3. The maximum Gasteiger partial charge on any atom is 0.137 e. The van der Waals surface area contributed by atoms with Crippen molar-refractivity contribution in [1.82, 2.24) is 4.90 Å². The minimum Gasteiger partial charge on any atom is -0.370 e. The Hall–Kier alpha value is -0.450. The van der Waals surface area contributed by atoms with Crippen LogP contribution in [0.15, 0.2) is 22.7 Å². The van der Waals surface area contributed by atoms with Gasteiger partial charge in [0.05, 0.1) is 16.2 Å². The largest absolute Gasteiger partial charge is 0.370 e. The van der Waals surface area contributed by atoms with Gasteiger partial charge in [-0.3, -0.25) is 4.90 Å². The van der Waals surface area contributed by atoms with Crippen molar-refractivity contribution in [2.45, 2.75) is 39.0 Å². The van der Waals surface area contributed by atoms with Gasteiger partial charge in [-0.2, -0.15) is 0 Å². The summed E-state index contributed by atoms with van der Waals surface area (Å²) in [5, 5.41) is 0. The van der Waals surface area contributed by atoms with Crippen LogP contribution < -0.4 is 0 Å². The van der Waals surface area contributed by atoms with E-state index in [0.29, 0.717) is 4.47 Å². The Labute approximate surface area is 116 Å². The van der Waals surface area contributed by atoms with Crippen LogP contribution in [-0.2, 0) is 11.3 Å². The first kappa shape index (κ1) is 14.0. The van der Waals surface area contributed by atoms with Crippen LogP contribution in [0.2, 0.25) is 0 Å². The summed E-state index contributed by atoms with van der Waals surface area (Å²) in [5.41, 5.74) is 1.00. The second kappa shape index (κ2) is 5.27. The molecule has 1 heterocycles. The smallest absolute Gasteiger partial charge is 0.137 e. The molecular weight excluding hydrogens is 297 g/mol.